The first kappa shape index (κ1) is 11.4. The van der Waals surface area contributed by atoms with Crippen LogP contribution in [0.3, 0.4) is 0 Å². The summed E-state index contributed by atoms with van der Waals surface area (Å²) in [7, 11) is 0. The third-order valence-electron chi connectivity index (χ3n) is 3.78. The maximum absolute atomic E-state index is 2.74. The fourth-order valence-corrected chi connectivity index (χ4v) is 3.08. The number of piperidine rings is 1. The molecule has 1 unspecified atom stereocenters. The summed E-state index contributed by atoms with van der Waals surface area (Å²) in [6.07, 6.45) is 5.73. The van der Waals surface area contributed by atoms with E-state index in [-0.39, 0.29) is 0 Å². The Bertz CT molecular complexity index is 185. The first-order valence-corrected chi connectivity index (χ1v) is 6.72. The van der Waals surface area contributed by atoms with Crippen molar-refractivity contribution in [3.63, 3.8) is 0 Å². The predicted octanol–water partition coefficient (Wildman–Crippen LogP) is 2.20. The molecule has 0 spiro atoms. The van der Waals surface area contributed by atoms with Crippen LogP contribution in [-0.2, 0) is 0 Å². The van der Waals surface area contributed by atoms with Crippen LogP contribution in [0, 0.1) is 5.92 Å². The van der Waals surface area contributed by atoms with Gasteiger partial charge in [0.05, 0.1) is 0 Å². The van der Waals surface area contributed by atoms with Crippen LogP contribution in [0.25, 0.3) is 0 Å². The molecular weight excluding hydrogens is 184 g/mol. The smallest absolute Gasteiger partial charge is 0.0235 e. The number of rotatable bonds is 3. The predicted molar refractivity (Wildman–Crippen MR) is 65.1 cm³/mol. The third-order valence-corrected chi connectivity index (χ3v) is 3.78. The first-order valence-electron chi connectivity index (χ1n) is 6.72. The van der Waals surface area contributed by atoms with Gasteiger partial charge in [-0.25, -0.2) is 0 Å². The molecule has 15 heavy (non-hydrogen) atoms. The number of hydrogen-bond acceptors (Lipinski definition) is 2. The molecule has 2 fully saturated rings. The number of hydrogen-bond donors (Lipinski definition) is 0. The maximum atomic E-state index is 2.74. The van der Waals surface area contributed by atoms with Crippen molar-refractivity contribution in [2.45, 2.75) is 45.6 Å². The zero-order chi connectivity index (χ0) is 10.7. The van der Waals surface area contributed by atoms with E-state index in [9.17, 15) is 0 Å². The molecule has 0 saturated carbocycles. The summed E-state index contributed by atoms with van der Waals surface area (Å²) in [5, 5.41) is 0. The Balaban J connectivity index is 1.76. The van der Waals surface area contributed by atoms with Crippen molar-refractivity contribution in [2.75, 3.05) is 32.7 Å². The summed E-state index contributed by atoms with van der Waals surface area (Å²) in [5.41, 5.74) is 0. The second-order valence-corrected chi connectivity index (χ2v) is 5.69. The largest absolute Gasteiger partial charge is 0.301 e. The second-order valence-electron chi connectivity index (χ2n) is 5.69. The van der Waals surface area contributed by atoms with Gasteiger partial charge in [0.15, 0.2) is 0 Å². The lowest BCUT2D eigenvalue weighted by atomic mass is 10.1. The summed E-state index contributed by atoms with van der Waals surface area (Å²) in [4.78, 5) is 5.40. The van der Waals surface area contributed by atoms with Crippen LogP contribution < -0.4 is 0 Å². The summed E-state index contributed by atoms with van der Waals surface area (Å²) < 4.78 is 0. The average molecular weight is 210 g/mol. The third kappa shape index (κ3) is 3.18. The van der Waals surface area contributed by atoms with Gasteiger partial charge in [0.2, 0.25) is 0 Å². The first-order chi connectivity index (χ1) is 7.25. The highest BCUT2D eigenvalue weighted by Gasteiger charge is 2.28. The van der Waals surface area contributed by atoms with Gasteiger partial charge < -0.3 is 4.90 Å². The van der Waals surface area contributed by atoms with E-state index in [1.54, 1.807) is 0 Å². The monoisotopic (exact) mass is 210 g/mol. The highest BCUT2D eigenvalue weighted by atomic mass is 15.3. The molecule has 0 amide bonds. The Morgan fingerprint density at radius 3 is 2.47 bits per heavy atom. The molecule has 0 aromatic carbocycles. The quantitative estimate of drug-likeness (QED) is 0.704. The van der Waals surface area contributed by atoms with Crippen molar-refractivity contribution in [1.29, 1.82) is 0 Å². The minimum Gasteiger partial charge on any atom is -0.301 e. The lowest BCUT2D eigenvalue weighted by Gasteiger charge is -2.32. The van der Waals surface area contributed by atoms with Crippen LogP contribution >= 0.6 is 0 Å². The van der Waals surface area contributed by atoms with E-state index in [2.05, 4.69) is 23.6 Å². The molecular formula is C13H26N2. The van der Waals surface area contributed by atoms with E-state index < -0.39 is 0 Å². The van der Waals surface area contributed by atoms with Crippen LogP contribution in [0.2, 0.25) is 0 Å². The van der Waals surface area contributed by atoms with Crippen LogP contribution in [0.15, 0.2) is 0 Å². The molecule has 1 atom stereocenters. The van der Waals surface area contributed by atoms with E-state index in [0.29, 0.717) is 0 Å². The number of nitrogens with zero attached hydrogens (tertiary/aromatic N) is 2. The van der Waals surface area contributed by atoms with E-state index in [0.717, 1.165) is 12.0 Å². The molecule has 2 rings (SSSR count). The topological polar surface area (TPSA) is 6.48 Å². The van der Waals surface area contributed by atoms with Gasteiger partial charge in [0.1, 0.15) is 0 Å². The molecule has 0 aromatic rings. The van der Waals surface area contributed by atoms with Gasteiger partial charge >= 0.3 is 0 Å². The summed E-state index contributed by atoms with van der Waals surface area (Å²) in [5.74, 6) is 0.824. The molecule has 0 radical (unpaired) electrons. The normalized spacial score (nSPS) is 30.2. The Morgan fingerprint density at radius 2 is 1.80 bits per heavy atom. The Labute approximate surface area is 94.6 Å². The Kier molecular flexibility index (Phi) is 4.04. The van der Waals surface area contributed by atoms with Crippen LogP contribution in [0.4, 0.5) is 0 Å². The maximum Gasteiger partial charge on any atom is 0.0235 e. The highest BCUT2D eigenvalue weighted by Crippen LogP contribution is 2.20. The van der Waals surface area contributed by atoms with E-state index >= 15 is 0 Å². The van der Waals surface area contributed by atoms with Crippen molar-refractivity contribution >= 4 is 0 Å². The molecule has 2 nitrogen and oxygen atoms in total. The van der Waals surface area contributed by atoms with E-state index in [1.807, 2.05) is 0 Å². The molecule has 0 aliphatic carbocycles. The van der Waals surface area contributed by atoms with E-state index in [1.165, 1.54) is 58.4 Å². The standard InChI is InChI=1S/C13H26N2/c1-12(2)10-14-9-6-13(11-14)15-7-4-3-5-8-15/h12-13H,3-11H2,1-2H3. The molecule has 2 saturated heterocycles. The minimum atomic E-state index is 0.824. The van der Waals surface area contributed by atoms with E-state index in [4.69, 9.17) is 0 Å². The SMILES string of the molecule is CC(C)CN1CCC(N2CCCCC2)C1. The zero-order valence-electron chi connectivity index (χ0n) is 10.4. The van der Waals surface area contributed by atoms with Gasteiger partial charge in [0, 0.05) is 19.1 Å². The lowest BCUT2D eigenvalue weighted by Crippen LogP contribution is -2.41. The molecule has 2 heteroatoms. The van der Waals surface area contributed by atoms with Gasteiger partial charge in [-0.15, -0.1) is 0 Å². The summed E-state index contributed by atoms with van der Waals surface area (Å²) >= 11 is 0. The van der Waals surface area contributed by atoms with Gasteiger partial charge in [-0.1, -0.05) is 20.3 Å². The van der Waals surface area contributed by atoms with Crippen LogP contribution in [0.1, 0.15) is 39.5 Å². The molecule has 0 bridgehead atoms. The van der Waals surface area contributed by atoms with Gasteiger partial charge in [-0.05, 0) is 44.8 Å². The molecule has 0 aromatic heterocycles. The lowest BCUT2D eigenvalue weighted by molar-refractivity contribution is 0.160. The Morgan fingerprint density at radius 1 is 1.07 bits per heavy atom. The number of likely N-dealkylation sites (tertiary alicyclic amines) is 2. The average Bonchev–Trinajstić information content (AvgIpc) is 2.67. The molecule has 0 N–H and O–H groups in total. The fraction of sp³-hybridized carbons (Fsp3) is 1.00. The van der Waals surface area contributed by atoms with Crippen LogP contribution in [-0.4, -0.2) is 48.6 Å². The summed E-state index contributed by atoms with van der Waals surface area (Å²) in [6.45, 7) is 11.3. The molecule has 2 heterocycles. The van der Waals surface area contributed by atoms with Gasteiger partial charge in [-0.2, -0.15) is 0 Å². The van der Waals surface area contributed by atoms with Crippen molar-refractivity contribution in [3.05, 3.63) is 0 Å². The van der Waals surface area contributed by atoms with Crippen LogP contribution in [0.5, 0.6) is 0 Å². The van der Waals surface area contributed by atoms with Gasteiger partial charge in [0.25, 0.3) is 0 Å². The van der Waals surface area contributed by atoms with Crippen molar-refractivity contribution < 1.29 is 0 Å². The second kappa shape index (κ2) is 5.31. The minimum absolute atomic E-state index is 0.824. The highest BCUT2D eigenvalue weighted by molar-refractivity contribution is 4.84. The van der Waals surface area contributed by atoms with Crippen molar-refractivity contribution in [3.8, 4) is 0 Å². The summed E-state index contributed by atoms with van der Waals surface area (Å²) in [6, 6.07) is 0.879. The Hall–Kier alpha value is -0.0800. The molecule has 88 valence electrons. The zero-order valence-corrected chi connectivity index (χ0v) is 10.4. The molecule has 2 aliphatic heterocycles. The molecule has 2 aliphatic rings. The van der Waals surface area contributed by atoms with Crippen molar-refractivity contribution in [1.82, 2.24) is 9.80 Å². The van der Waals surface area contributed by atoms with Crippen molar-refractivity contribution in [2.24, 2.45) is 5.92 Å². The van der Waals surface area contributed by atoms with Gasteiger partial charge in [-0.3, -0.25) is 4.90 Å². The fourth-order valence-electron chi connectivity index (χ4n) is 3.08.